The van der Waals surface area contributed by atoms with Crippen LogP contribution in [0.25, 0.3) is 0 Å². The lowest BCUT2D eigenvalue weighted by Crippen LogP contribution is -2.14. The number of benzene rings is 1. The van der Waals surface area contributed by atoms with Gasteiger partial charge in [-0.15, -0.1) is 0 Å². The van der Waals surface area contributed by atoms with E-state index >= 15 is 0 Å². The molecule has 20 heavy (non-hydrogen) atoms. The molecule has 102 valence electrons. The maximum Gasteiger partial charge on any atom is 0.263 e. The predicted octanol–water partition coefficient (Wildman–Crippen LogP) is 1.77. The van der Waals surface area contributed by atoms with E-state index in [1.165, 1.54) is 18.2 Å². The van der Waals surface area contributed by atoms with E-state index in [0.29, 0.717) is 5.56 Å². The Morgan fingerprint density at radius 1 is 1.30 bits per heavy atom. The smallest absolute Gasteiger partial charge is 0.263 e. The third-order valence-electron chi connectivity index (χ3n) is 2.65. The van der Waals surface area contributed by atoms with Gasteiger partial charge in [0.25, 0.3) is 10.0 Å². The van der Waals surface area contributed by atoms with Crippen molar-refractivity contribution in [1.29, 1.82) is 5.26 Å². The molecule has 0 saturated carbocycles. The first-order valence-electron chi connectivity index (χ1n) is 5.61. The number of aryl methyl sites for hydroxylation is 1. The summed E-state index contributed by atoms with van der Waals surface area (Å²) < 4.78 is 26.6. The van der Waals surface area contributed by atoms with Gasteiger partial charge in [0.05, 0.1) is 5.69 Å². The van der Waals surface area contributed by atoms with Gasteiger partial charge >= 0.3 is 0 Å². The molecule has 0 atom stereocenters. The summed E-state index contributed by atoms with van der Waals surface area (Å²) in [5.41, 5.74) is 0.842. The fourth-order valence-electron chi connectivity index (χ4n) is 1.58. The molecule has 0 radical (unpaired) electrons. The lowest BCUT2D eigenvalue weighted by Gasteiger charge is -2.11. The number of nitrogens with zero attached hydrogens (tertiary/aromatic N) is 2. The van der Waals surface area contributed by atoms with E-state index in [-0.39, 0.29) is 22.0 Å². The zero-order chi connectivity index (χ0) is 14.8. The van der Waals surface area contributed by atoms with E-state index in [4.69, 9.17) is 5.26 Å². The van der Waals surface area contributed by atoms with Crippen molar-refractivity contribution in [1.82, 2.24) is 4.98 Å². The number of phenolic OH excluding ortho intramolecular Hbond substituents is 1. The minimum Gasteiger partial charge on any atom is -0.506 e. The minimum absolute atomic E-state index is 0.0841. The molecule has 7 heteroatoms. The molecule has 0 aliphatic rings. The van der Waals surface area contributed by atoms with Gasteiger partial charge in [0.2, 0.25) is 0 Å². The van der Waals surface area contributed by atoms with Gasteiger partial charge in [-0.1, -0.05) is 12.1 Å². The van der Waals surface area contributed by atoms with Crippen LogP contribution in [-0.2, 0) is 10.0 Å². The van der Waals surface area contributed by atoms with Crippen molar-refractivity contribution in [3.05, 3.63) is 47.8 Å². The number of para-hydroxylation sites is 1. The van der Waals surface area contributed by atoms with E-state index in [2.05, 4.69) is 9.71 Å². The van der Waals surface area contributed by atoms with Crippen molar-refractivity contribution in [2.24, 2.45) is 0 Å². The molecule has 0 saturated heterocycles. The summed E-state index contributed by atoms with van der Waals surface area (Å²) in [5, 5.41) is 18.3. The molecular weight excluding hydrogens is 278 g/mol. The lowest BCUT2D eigenvalue weighted by atomic mass is 10.2. The van der Waals surface area contributed by atoms with Crippen LogP contribution in [-0.4, -0.2) is 18.5 Å². The minimum atomic E-state index is -3.87. The average molecular weight is 289 g/mol. The highest BCUT2D eigenvalue weighted by atomic mass is 32.2. The van der Waals surface area contributed by atoms with Crippen LogP contribution in [0.5, 0.6) is 5.75 Å². The molecule has 0 fully saturated rings. The quantitative estimate of drug-likeness (QED) is 0.838. The van der Waals surface area contributed by atoms with E-state index in [9.17, 15) is 13.5 Å². The molecule has 0 spiro atoms. The van der Waals surface area contributed by atoms with Crippen molar-refractivity contribution >= 4 is 15.7 Å². The van der Waals surface area contributed by atoms with Crippen LogP contribution in [0.3, 0.4) is 0 Å². The fraction of sp³-hybridized carbons (Fsp3) is 0.0769. The predicted molar refractivity (Wildman–Crippen MR) is 72.6 cm³/mol. The first-order valence-corrected chi connectivity index (χ1v) is 7.10. The molecule has 2 N–H and O–H groups in total. The van der Waals surface area contributed by atoms with E-state index in [1.54, 1.807) is 19.1 Å². The van der Waals surface area contributed by atoms with Crippen molar-refractivity contribution in [2.75, 3.05) is 4.72 Å². The highest BCUT2D eigenvalue weighted by molar-refractivity contribution is 7.92. The first-order chi connectivity index (χ1) is 9.44. The molecule has 1 aromatic carbocycles. The average Bonchev–Trinajstić information content (AvgIpc) is 2.43. The number of aromatic nitrogens is 1. The van der Waals surface area contributed by atoms with Crippen molar-refractivity contribution in [3.63, 3.8) is 0 Å². The van der Waals surface area contributed by atoms with E-state index in [0.717, 1.165) is 6.20 Å². The number of phenols is 1. The maximum absolute atomic E-state index is 12.2. The summed E-state index contributed by atoms with van der Waals surface area (Å²) in [6.07, 6.45) is 1.09. The molecular formula is C13H11N3O3S. The Morgan fingerprint density at radius 2 is 2.05 bits per heavy atom. The van der Waals surface area contributed by atoms with Gasteiger partial charge in [0, 0.05) is 6.20 Å². The van der Waals surface area contributed by atoms with Crippen LogP contribution < -0.4 is 4.72 Å². The molecule has 2 rings (SSSR count). The van der Waals surface area contributed by atoms with Crippen molar-refractivity contribution in [3.8, 4) is 11.8 Å². The number of sulfonamides is 1. The largest absolute Gasteiger partial charge is 0.506 e. The molecule has 0 bridgehead atoms. The molecule has 1 aromatic heterocycles. The van der Waals surface area contributed by atoms with Gasteiger partial charge in [-0.3, -0.25) is 4.72 Å². The van der Waals surface area contributed by atoms with Crippen LogP contribution in [0.4, 0.5) is 5.69 Å². The van der Waals surface area contributed by atoms with Crippen LogP contribution >= 0.6 is 0 Å². The number of aromatic hydroxyl groups is 1. The maximum atomic E-state index is 12.2. The number of anilines is 1. The molecule has 0 aliphatic heterocycles. The Balaban J connectivity index is 2.38. The van der Waals surface area contributed by atoms with Crippen molar-refractivity contribution in [2.45, 2.75) is 11.8 Å². The molecule has 6 nitrogen and oxygen atoms in total. The van der Waals surface area contributed by atoms with Gasteiger partial charge in [-0.05, 0) is 30.7 Å². The van der Waals surface area contributed by atoms with Gasteiger partial charge in [0.1, 0.15) is 22.4 Å². The second-order valence-electron chi connectivity index (χ2n) is 4.07. The Hall–Kier alpha value is -2.59. The number of pyridine rings is 1. The standard InChI is InChI=1S/C13H11N3O3S/c1-9-3-2-4-12(17)13(9)16-20(18,19)11-6-5-10(7-14)15-8-11/h2-6,8,16-17H,1H3. The molecule has 0 amide bonds. The second kappa shape index (κ2) is 5.19. The molecule has 0 unspecified atom stereocenters. The number of rotatable bonds is 3. The summed E-state index contributed by atoms with van der Waals surface area (Å²) in [6.45, 7) is 1.68. The lowest BCUT2D eigenvalue weighted by molar-refractivity contribution is 0.477. The summed E-state index contributed by atoms with van der Waals surface area (Å²) in [7, 11) is -3.87. The number of nitriles is 1. The third kappa shape index (κ3) is 2.70. The van der Waals surface area contributed by atoms with E-state index in [1.807, 2.05) is 6.07 Å². The Kier molecular flexibility index (Phi) is 3.59. The van der Waals surface area contributed by atoms with E-state index < -0.39 is 10.0 Å². The number of hydrogen-bond acceptors (Lipinski definition) is 5. The highest BCUT2D eigenvalue weighted by Gasteiger charge is 2.17. The molecule has 0 aliphatic carbocycles. The summed E-state index contributed by atoms with van der Waals surface area (Å²) in [5.74, 6) is -0.157. The van der Waals surface area contributed by atoms with Crippen LogP contribution in [0.2, 0.25) is 0 Å². The Bertz CT molecular complexity index is 757. The summed E-state index contributed by atoms with van der Waals surface area (Å²) in [4.78, 5) is 3.62. The monoisotopic (exact) mass is 289 g/mol. The van der Waals surface area contributed by atoms with Gasteiger partial charge in [-0.25, -0.2) is 13.4 Å². The third-order valence-corrected chi connectivity index (χ3v) is 3.98. The highest BCUT2D eigenvalue weighted by Crippen LogP contribution is 2.28. The zero-order valence-electron chi connectivity index (χ0n) is 10.5. The van der Waals surface area contributed by atoms with Crippen LogP contribution in [0.1, 0.15) is 11.3 Å². The molecule has 1 heterocycles. The zero-order valence-corrected chi connectivity index (χ0v) is 11.3. The summed E-state index contributed by atoms with van der Waals surface area (Å²) in [6, 6.07) is 9.08. The topological polar surface area (TPSA) is 103 Å². The van der Waals surface area contributed by atoms with Gasteiger partial charge in [-0.2, -0.15) is 5.26 Å². The second-order valence-corrected chi connectivity index (χ2v) is 5.75. The van der Waals surface area contributed by atoms with Crippen LogP contribution in [0.15, 0.2) is 41.4 Å². The SMILES string of the molecule is Cc1cccc(O)c1NS(=O)(=O)c1ccc(C#N)nc1. The van der Waals surface area contributed by atoms with Crippen molar-refractivity contribution < 1.29 is 13.5 Å². The Labute approximate surface area is 116 Å². The molecule has 2 aromatic rings. The Morgan fingerprint density at radius 3 is 2.60 bits per heavy atom. The number of nitrogens with one attached hydrogen (secondary N) is 1. The summed E-state index contributed by atoms with van der Waals surface area (Å²) >= 11 is 0. The number of hydrogen-bond donors (Lipinski definition) is 2. The normalized spacial score (nSPS) is 10.8. The van der Waals surface area contributed by atoms with Crippen LogP contribution in [0, 0.1) is 18.3 Å². The van der Waals surface area contributed by atoms with Gasteiger partial charge in [0.15, 0.2) is 0 Å². The van der Waals surface area contributed by atoms with Gasteiger partial charge < -0.3 is 5.11 Å². The fourth-order valence-corrected chi connectivity index (χ4v) is 2.67. The first kappa shape index (κ1) is 13.8.